The van der Waals surface area contributed by atoms with Crippen LogP contribution in [0.1, 0.15) is 17.5 Å². The summed E-state index contributed by atoms with van der Waals surface area (Å²) in [6.07, 6.45) is -4.16. The lowest BCUT2D eigenvalue weighted by Gasteiger charge is -2.09. The molecule has 2 aromatic carbocycles. The molecule has 122 valence electrons. The maximum atomic E-state index is 12.0. The van der Waals surface area contributed by atoms with Crippen LogP contribution in [0.3, 0.4) is 0 Å². The van der Waals surface area contributed by atoms with Gasteiger partial charge in [-0.1, -0.05) is 42.5 Å². The molecule has 0 aliphatic heterocycles. The van der Waals surface area contributed by atoms with Gasteiger partial charge >= 0.3 is 12.3 Å². The van der Waals surface area contributed by atoms with Crippen molar-refractivity contribution < 1.29 is 27.4 Å². The van der Waals surface area contributed by atoms with E-state index in [2.05, 4.69) is 4.74 Å². The van der Waals surface area contributed by atoms with Crippen LogP contribution < -0.4 is 4.74 Å². The second-order valence-corrected chi connectivity index (χ2v) is 4.84. The van der Waals surface area contributed by atoms with Gasteiger partial charge in [0.1, 0.15) is 12.4 Å². The van der Waals surface area contributed by atoms with E-state index < -0.39 is 6.36 Å². The lowest BCUT2D eigenvalue weighted by atomic mass is 10.1. The van der Waals surface area contributed by atoms with E-state index in [4.69, 9.17) is 4.74 Å². The van der Waals surface area contributed by atoms with E-state index in [1.54, 1.807) is 0 Å². The quantitative estimate of drug-likeness (QED) is 0.745. The maximum Gasteiger partial charge on any atom is 0.573 e. The number of halogens is 3. The molecule has 3 nitrogen and oxygen atoms in total. The van der Waals surface area contributed by atoms with Crippen LogP contribution in [0.15, 0.2) is 54.6 Å². The Bertz CT molecular complexity index is 622. The summed E-state index contributed by atoms with van der Waals surface area (Å²) in [5, 5.41) is 0. The zero-order valence-electron chi connectivity index (χ0n) is 12.2. The number of hydrogen-bond donors (Lipinski definition) is 0. The maximum absolute atomic E-state index is 12.0. The Morgan fingerprint density at radius 1 is 0.913 bits per heavy atom. The van der Waals surface area contributed by atoms with Crippen molar-refractivity contribution >= 4 is 5.97 Å². The van der Waals surface area contributed by atoms with E-state index in [9.17, 15) is 18.0 Å². The van der Waals surface area contributed by atoms with E-state index in [1.807, 2.05) is 30.3 Å². The molecule has 0 radical (unpaired) electrons. The van der Waals surface area contributed by atoms with Crippen LogP contribution in [0, 0.1) is 0 Å². The van der Waals surface area contributed by atoms with Crippen molar-refractivity contribution in [2.45, 2.75) is 25.8 Å². The number of ether oxygens (including phenoxy) is 2. The molecule has 0 fully saturated rings. The fraction of sp³-hybridized carbons (Fsp3) is 0.235. The molecule has 0 N–H and O–H groups in total. The number of aryl methyl sites for hydroxylation is 1. The number of hydrogen-bond acceptors (Lipinski definition) is 3. The van der Waals surface area contributed by atoms with E-state index in [0.29, 0.717) is 6.42 Å². The van der Waals surface area contributed by atoms with Crippen LogP contribution in [0.4, 0.5) is 13.2 Å². The van der Waals surface area contributed by atoms with Gasteiger partial charge in [-0.05, 0) is 29.7 Å². The third-order valence-corrected chi connectivity index (χ3v) is 3.02. The molecule has 0 saturated heterocycles. The Morgan fingerprint density at radius 2 is 1.57 bits per heavy atom. The van der Waals surface area contributed by atoms with E-state index in [1.165, 1.54) is 24.3 Å². The lowest BCUT2D eigenvalue weighted by molar-refractivity contribution is -0.274. The second-order valence-electron chi connectivity index (χ2n) is 4.84. The monoisotopic (exact) mass is 324 g/mol. The SMILES string of the molecule is O=C(CCc1ccc(OC(F)(F)F)cc1)OCc1ccccc1. The zero-order valence-corrected chi connectivity index (χ0v) is 12.2. The molecule has 23 heavy (non-hydrogen) atoms. The molecule has 2 aromatic rings. The highest BCUT2D eigenvalue weighted by molar-refractivity contribution is 5.69. The van der Waals surface area contributed by atoms with Crippen molar-refractivity contribution in [3.63, 3.8) is 0 Å². The van der Waals surface area contributed by atoms with Crippen molar-refractivity contribution in [1.82, 2.24) is 0 Å². The highest BCUT2D eigenvalue weighted by atomic mass is 19.4. The van der Waals surface area contributed by atoms with Crippen LogP contribution in [0.2, 0.25) is 0 Å². The van der Waals surface area contributed by atoms with Crippen LogP contribution in [0.5, 0.6) is 5.75 Å². The standard InChI is InChI=1S/C17H15F3O3/c18-17(19,20)23-15-9-6-13(7-10-15)8-11-16(21)22-12-14-4-2-1-3-5-14/h1-7,9-10H,8,11-12H2. The van der Waals surface area contributed by atoms with E-state index in [0.717, 1.165) is 11.1 Å². The molecule has 2 rings (SSSR count). The molecule has 0 aliphatic rings. The van der Waals surface area contributed by atoms with Crippen molar-refractivity contribution in [2.75, 3.05) is 0 Å². The Hall–Kier alpha value is -2.50. The molecule has 0 amide bonds. The van der Waals surface area contributed by atoms with Crippen molar-refractivity contribution in [3.05, 3.63) is 65.7 Å². The first-order valence-corrected chi connectivity index (χ1v) is 6.96. The third kappa shape index (κ3) is 6.42. The molecule has 0 aliphatic carbocycles. The first kappa shape index (κ1) is 16.9. The molecule has 0 unspecified atom stereocenters. The highest BCUT2D eigenvalue weighted by Crippen LogP contribution is 2.23. The fourth-order valence-corrected chi connectivity index (χ4v) is 1.91. The lowest BCUT2D eigenvalue weighted by Crippen LogP contribution is -2.17. The van der Waals surface area contributed by atoms with Crippen molar-refractivity contribution in [1.29, 1.82) is 0 Å². The topological polar surface area (TPSA) is 35.5 Å². The average molecular weight is 324 g/mol. The minimum Gasteiger partial charge on any atom is -0.461 e. The first-order chi connectivity index (χ1) is 10.9. The summed E-state index contributed by atoms with van der Waals surface area (Å²) >= 11 is 0. The third-order valence-electron chi connectivity index (χ3n) is 3.02. The van der Waals surface area contributed by atoms with Crippen LogP contribution in [-0.4, -0.2) is 12.3 Å². The minimum absolute atomic E-state index is 0.159. The van der Waals surface area contributed by atoms with Gasteiger partial charge in [0.15, 0.2) is 0 Å². The van der Waals surface area contributed by atoms with Gasteiger partial charge in [0.05, 0.1) is 0 Å². The van der Waals surface area contributed by atoms with Gasteiger partial charge in [0.2, 0.25) is 0 Å². The largest absolute Gasteiger partial charge is 0.573 e. The van der Waals surface area contributed by atoms with Crippen LogP contribution >= 0.6 is 0 Å². The van der Waals surface area contributed by atoms with Crippen LogP contribution in [-0.2, 0) is 22.6 Å². The van der Waals surface area contributed by atoms with Gasteiger partial charge in [-0.25, -0.2) is 0 Å². The summed E-state index contributed by atoms with van der Waals surface area (Å²) < 4.78 is 45.0. The Balaban J connectivity index is 1.76. The summed E-state index contributed by atoms with van der Waals surface area (Å²) in [6.45, 7) is 0.206. The summed E-state index contributed by atoms with van der Waals surface area (Å²) in [5.74, 6) is -0.641. The van der Waals surface area contributed by atoms with Gasteiger partial charge < -0.3 is 9.47 Å². The summed E-state index contributed by atoms with van der Waals surface area (Å²) in [4.78, 5) is 11.6. The average Bonchev–Trinajstić information content (AvgIpc) is 2.52. The number of rotatable bonds is 6. The number of carbonyl (C=O) groups excluding carboxylic acids is 1. The number of esters is 1. The molecular formula is C17H15F3O3. The predicted molar refractivity (Wildman–Crippen MR) is 77.7 cm³/mol. The van der Waals surface area contributed by atoms with E-state index >= 15 is 0 Å². The van der Waals surface area contributed by atoms with Crippen molar-refractivity contribution in [2.24, 2.45) is 0 Å². The molecule has 6 heteroatoms. The Kier molecular flexibility index (Phi) is 5.62. The molecule has 0 atom stereocenters. The summed E-state index contributed by atoms with van der Waals surface area (Å²) in [6, 6.07) is 14.7. The number of alkyl halides is 3. The second kappa shape index (κ2) is 7.67. The first-order valence-electron chi connectivity index (χ1n) is 6.96. The van der Waals surface area contributed by atoms with Crippen molar-refractivity contribution in [3.8, 4) is 5.75 Å². The van der Waals surface area contributed by atoms with Crippen LogP contribution in [0.25, 0.3) is 0 Å². The van der Waals surface area contributed by atoms with Gasteiger partial charge in [-0.2, -0.15) is 0 Å². The molecule has 0 bridgehead atoms. The van der Waals surface area contributed by atoms with Gasteiger partial charge in [-0.3, -0.25) is 4.79 Å². The predicted octanol–water partition coefficient (Wildman–Crippen LogP) is 4.26. The van der Waals surface area contributed by atoms with Gasteiger partial charge in [-0.15, -0.1) is 13.2 Å². The Morgan fingerprint density at radius 3 is 2.17 bits per heavy atom. The molecule has 0 saturated carbocycles. The highest BCUT2D eigenvalue weighted by Gasteiger charge is 2.30. The van der Waals surface area contributed by atoms with Gasteiger partial charge in [0.25, 0.3) is 0 Å². The van der Waals surface area contributed by atoms with E-state index in [-0.39, 0.29) is 24.7 Å². The molecule has 0 aromatic heterocycles. The summed E-state index contributed by atoms with van der Waals surface area (Å²) in [5.41, 5.74) is 1.63. The van der Waals surface area contributed by atoms with Gasteiger partial charge in [0, 0.05) is 6.42 Å². The molecule has 0 heterocycles. The normalized spacial score (nSPS) is 11.1. The minimum atomic E-state index is -4.71. The smallest absolute Gasteiger partial charge is 0.461 e. The Labute approximate surface area is 131 Å². The number of benzene rings is 2. The summed E-state index contributed by atoms with van der Waals surface area (Å²) in [7, 11) is 0. The molecule has 0 spiro atoms. The number of carbonyl (C=O) groups is 1. The fourth-order valence-electron chi connectivity index (χ4n) is 1.91. The molecular weight excluding hydrogens is 309 g/mol. The zero-order chi connectivity index (χ0) is 16.7.